The van der Waals surface area contributed by atoms with Crippen LogP contribution in [0.2, 0.25) is 0 Å². The van der Waals surface area contributed by atoms with Gasteiger partial charge in [0.1, 0.15) is 11.6 Å². The Hall–Kier alpha value is -1.13. The summed E-state index contributed by atoms with van der Waals surface area (Å²) >= 11 is 0. The Balaban J connectivity index is 1.93. The molecule has 0 amide bonds. The van der Waals surface area contributed by atoms with Gasteiger partial charge < -0.3 is 14.7 Å². The van der Waals surface area contributed by atoms with Crippen LogP contribution >= 0.6 is 0 Å². The Labute approximate surface area is 113 Å². The number of hydrogen-bond donors (Lipinski definition) is 1. The van der Waals surface area contributed by atoms with Crippen molar-refractivity contribution in [3.8, 4) is 5.75 Å². The molecule has 2 unspecified atom stereocenters. The van der Waals surface area contributed by atoms with Crippen LogP contribution < -0.4 is 4.74 Å². The van der Waals surface area contributed by atoms with Crippen molar-refractivity contribution in [3.05, 3.63) is 29.6 Å². The molecule has 3 nitrogen and oxygen atoms in total. The first-order valence-corrected chi connectivity index (χ1v) is 6.82. The molecule has 1 aromatic carbocycles. The fraction of sp³-hybridized carbons (Fsp3) is 0.600. The highest BCUT2D eigenvalue weighted by Gasteiger charge is 2.47. The zero-order valence-corrected chi connectivity index (χ0v) is 11.4. The van der Waals surface area contributed by atoms with E-state index in [-0.39, 0.29) is 5.82 Å². The van der Waals surface area contributed by atoms with Gasteiger partial charge in [-0.3, -0.25) is 0 Å². The van der Waals surface area contributed by atoms with Crippen molar-refractivity contribution in [3.63, 3.8) is 0 Å². The maximum atomic E-state index is 14.2. The van der Waals surface area contributed by atoms with Gasteiger partial charge in [0.15, 0.2) is 0 Å². The Morgan fingerprint density at radius 1 is 1.32 bits per heavy atom. The highest BCUT2D eigenvalue weighted by molar-refractivity contribution is 5.33. The normalized spacial score (nSPS) is 34.5. The van der Waals surface area contributed by atoms with Crippen LogP contribution in [0.3, 0.4) is 0 Å². The lowest BCUT2D eigenvalue weighted by Crippen LogP contribution is -2.48. The molecule has 2 saturated heterocycles. The minimum Gasteiger partial charge on any atom is -0.497 e. The molecule has 1 N–H and O–H groups in total. The van der Waals surface area contributed by atoms with Gasteiger partial charge in [0.25, 0.3) is 0 Å². The molecular weight excluding hydrogens is 245 g/mol. The summed E-state index contributed by atoms with van der Waals surface area (Å²) in [5.74, 6) is 0.117. The van der Waals surface area contributed by atoms with Crippen molar-refractivity contribution in [1.29, 1.82) is 0 Å². The summed E-state index contributed by atoms with van der Waals surface area (Å²) in [6.45, 7) is 0. The van der Waals surface area contributed by atoms with Crippen molar-refractivity contribution in [1.82, 2.24) is 4.90 Å². The summed E-state index contributed by atoms with van der Waals surface area (Å²) in [6, 6.07) is 5.47. The third-order valence-corrected chi connectivity index (χ3v) is 4.81. The Morgan fingerprint density at radius 2 is 1.95 bits per heavy atom. The number of hydrogen-bond acceptors (Lipinski definition) is 3. The third-order valence-electron chi connectivity index (χ3n) is 4.81. The van der Waals surface area contributed by atoms with Crippen molar-refractivity contribution in [2.24, 2.45) is 0 Å². The Morgan fingerprint density at radius 3 is 2.47 bits per heavy atom. The van der Waals surface area contributed by atoms with Gasteiger partial charge in [-0.05, 0) is 44.9 Å². The molecule has 2 heterocycles. The number of fused-ring (bicyclic) bond motifs is 2. The summed E-state index contributed by atoms with van der Waals surface area (Å²) in [4.78, 5) is 2.33. The number of aliphatic hydroxyl groups is 1. The molecule has 19 heavy (non-hydrogen) atoms. The van der Waals surface area contributed by atoms with Gasteiger partial charge in [0.05, 0.1) is 12.7 Å². The van der Waals surface area contributed by atoms with E-state index in [2.05, 4.69) is 11.9 Å². The van der Waals surface area contributed by atoms with Gasteiger partial charge in [-0.1, -0.05) is 0 Å². The number of methoxy groups -OCH3 is 1. The highest BCUT2D eigenvalue weighted by atomic mass is 19.1. The number of ether oxygens (including phenoxy) is 1. The van der Waals surface area contributed by atoms with E-state index in [1.165, 1.54) is 13.2 Å². The van der Waals surface area contributed by atoms with Crippen LogP contribution in [0.1, 0.15) is 31.2 Å². The number of benzene rings is 1. The van der Waals surface area contributed by atoms with E-state index in [1.54, 1.807) is 12.1 Å². The fourth-order valence-corrected chi connectivity index (χ4v) is 3.67. The SMILES string of the molecule is COc1ccc(C2(O)CC3CCC(C2)N3C)c(F)c1. The quantitative estimate of drug-likeness (QED) is 0.890. The lowest BCUT2D eigenvalue weighted by molar-refractivity contribution is -0.0516. The fourth-order valence-electron chi connectivity index (χ4n) is 3.67. The minimum atomic E-state index is -1.03. The molecule has 2 aliphatic heterocycles. The smallest absolute Gasteiger partial charge is 0.132 e. The van der Waals surface area contributed by atoms with Gasteiger partial charge in [-0.2, -0.15) is 0 Å². The molecule has 0 aromatic heterocycles. The van der Waals surface area contributed by atoms with Gasteiger partial charge in [-0.25, -0.2) is 4.39 Å². The maximum absolute atomic E-state index is 14.2. The molecule has 0 radical (unpaired) electrons. The van der Waals surface area contributed by atoms with Crippen molar-refractivity contribution in [2.75, 3.05) is 14.2 Å². The summed E-state index contributed by atoms with van der Waals surface area (Å²) in [5, 5.41) is 10.9. The van der Waals surface area contributed by atoms with E-state index in [4.69, 9.17) is 4.74 Å². The molecule has 2 aliphatic rings. The Bertz CT molecular complexity index is 477. The van der Waals surface area contributed by atoms with E-state index < -0.39 is 5.60 Å². The summed E-state index contributed by atoms with van der Waals surface area (Å²) in [5.41, 5.74) is -0.618. The summed E-state index contributed by atoms with van der Waals surface area (Å²) in [7, 11) is 3.62. The molecule has 104 valence electrons. The molecule has 0 spiro atoms. The van der Waals surface area contributed by atoms with Crippen molar-refractivity contribution in [2.45, 2.75) is 43.4 Å². The molecule has 0 aliphatic carbocycles. The van der Waals surface area contributed by atoms with Crippen LogP contribution in [0.5, 0.6) is 5.75 Å². The second kappa shape index (κ2) is 4.46. The lowest BCUT2D eigenvalue weighted by atomic mass is 9.80. The number of piperidine rings is 1. The third kappa shape index (κ3) is 2.03. The number of halogens is 1. The molecule has 4 heteroatoms. The number of rotatable bonds is 2. The molecule has 2 fully saturated rings. The van der Waals surface area contributed by atoms with Gasteiger partial charge in [0.2, 0.25) is 0 Å². The lowest BCUT2D eigenvalue weighted by Gasteiger charge is -2.42. The van der Waals surface area contributed by atoms with Gasteiger partial charge >= 0.3 is 0 Å². The van der Waals surface area contributed by atoms with E-state index in [0.717, 1.165) is 12.8 Å². The predicted molar refractivity (Wildman–Crippen MR) is 70.7 cm³/mol. The Kier molecular flexibility index (Phi) is 3.02. The molecule has 0 saturated carbocycles. The van der Waals surface area contributed by atoms with Crippen molar-refractivity contribution >= 4 is 0 Å². The maximum Gasteiger partial charge on any atom is 0.132 e. The molecule has 2 atom stereocenters. The largest absolute Gasteiger partial charge is 0.497 e. The molecule has 1 aromatic rings. The van der Waals surface area contributed by atoms with Crippen LogP contribution in [-0.2, 0) is 5.60 Å². The van der Waals surface area contributed by atoms with E-state index in [0.29, 0.717) is 36.2 Å². The first-order chi connectivity index (χ1) is 9.03. The molecule has 3 rings (SSSR count). The van der Waals surface area contributed by atoms with Gasteiger partial charge in [-0.15, -0.1) is 0 Å². The highest BCUT2D eigenvalue weighted by Crippen LogP contribution is 2.45. The predicted octanol–water partition coefficient (Wildman–Crippen LogP) is 2.28. The average Bonchev–Trinajstić information content (AvgIpc) is 2.62. The van der Waals surface area contributed by atoms with Crippen LogP contribution in [-0.4, -0.2) is 36.2 Å². The van der Waals surface area contributed by atoms with E-state index in [9.17, 15) is 9.50 Å². The second-order valence-corrected chi connectivity index (χ2v) is 5.84. The zero-order chi connectivity index (χ0) is 13.6. The van der Waals surface area contributed by atoms with Crippen LogP contribution in [0.25, 0.3) is 0 Å². The first kappa shape index (κ1) is 12.9. The average molecular weight is 265 g/mol. The standard InChI is InChI=1S/C15H20FNO2/c1-17-10-3-4-11(17)9-15(18,8-10)13-6-5-12(19-2)7-14(13)16/h5-7,10-11,18H,3-4,8-9H2,1-2H3. The topological polar surface area (TPSA) is 32.7 Å². The van der Waals surface area contributed by atoms with Gasteiger partial charge in [0, 0.05) is 23.7 Å². The molecular formula is C15H20FNO2. The number of nitrogens with zero attached hydrogens (tertiary/aromatic N) is 1. The second-order valence-electron chi connectivity index (χ2n) is 5.84. The van der Waals surface area contributed by atoms with Crippen LogP contribution in [0.4, 0.5) is 4.39 Å². The first-order valence-electron chi connectivity index (χ1n) is 6.82. The summed E-state index contributed by atoms with van der Waals surface area (Å²) < 4.78 is 19.2. The zero-order valence-electron chi connectivity index (χ0n) is 11.4. The molecule has 2 bridgehead atoms. The monoisotopic (exact) mass is 265 g/mol. The van der Waals surface area contributed by atoms with E-state index in [1.807, 2.05) is 0 Å². The van der Waals surface area contributed by atoms with E-state index >= 15 is 0 Å². The van der Waals surface area contributed by atoms with Crippen LogP contribution in [0, 0.1) is 5.82 Å². The minimum absolute atomic E-state index is 0.366. The van der Waals surface area contributed by atoms with Crippen LogP contribution in [0.15, 0.2) is 18.2 Å². The van der Waals surface area contributed by atoms with Crippen molar-refractivity contribution < 1.29 is 14.2 Å². The summed E-state index contributed by atoms with van der Waals surface area (Å²) in [6.07, 6.45) is 3.43.